The van der Waals surface area contributed by atoms with Crippen LogP contribution < -0.4 is 0 Å². The molecule has 1 nitrogen and oxygen atoms in total. The first kappa shape index (κ1) is 14.2. The zero-order valence-corrected chi connectivity index (χ0v) is 12.1. The lowest BCUT2D eigenvalue weighted by molar-refractivity contribution is 0.312. The molecule has 0 atom stereocenters. The molecule has 0 bridgehead atoms. The molecule has 2 rings (SSSR count). The maximum atomic E-state index is 13.5. The second-order valence-corrected chi connectivity index (χ2v) is 5.27. The minimum atomic E-state index is -0.281. The average molecular weight is 326 g/mol. The summed E-state index contributed by atoms with van der Waals surface area (Å²) < 4.78 is 27.4. The molecule has 0 saturated heterocycles. The maximum absolute atomic E-state index is 13.5. The van der Waals surface area contributed by atoms with Crippen LogP contribution in [0.15, 0.2) is 46.9 Å². The molecule has 0 aliphatic carbocycles. The predicted octanol–water partition coefficient (Wildman–Crippen LogP) is 4.36. The third-order valence-corrected chi connectivity index (χ3v) is 3.76. The van der Waals surface area contributed by atoms with Crippen LogP contribution >= 0.6 is 15.9 Å². The van der Waals surface area contributed by atoms with Crippen molar-refractivity contribution in [3.63, 3.8) is 0 Å². The Bertz CT molecular complexity index is 572. The highest BCUT2D eigenvalue weighted by Crippen LogP contribution is 2.22. The summed E-state index contributed by atoms with van der Waals surface area (Å²) in [7, 11) is 1.88. The van der Waals surface area contributed by atoms with Gasteiger partial charge in [-0.2, -0.15) is 0 Å². The highest BCUT2D eigenvalue weighted by molar-refractivity contribution is 9.10. The predicted molar refractivity (Wildman–Crippen MR) is 75.7 cm³/mol. The molecule has 0 unspecified atom stereocenters. The van der Waals surface area contributed by atoms with E-state index in [4.69, 9.17) is 0 Å². The molecule has 2 aromatic carbocycles. The first-order valence-corrected chi connectivity index (χ1v) is 6.72. The van der Waals surface area contributed by atoms with Crippen molar-refractivity contribution >= 4 is 15.9 Å². The number of rotatable bonds is 4. The molecule has 100 valence electrons. The van der Waals surface area contributed by atoms with E-state index in [1.165, 1.54) is 12.1 Å². The Labute approximate surface area is 120 Å². The molecule has 0 radical (unpaired) electrons. The van der Waals surface area contributed by atoms with Gasteiger partial charge in [0, 0.05) is 18.7 Å². The molecule has 0 spiro atoms. The van der Waals surface area contributed by atoms with Crippen LogP contribution in [0.4, 0.5) is 8.78 Å². The summed E-state index contributed by atoms with van der Waals surface area (Å²) >= 11 is 3.23. The third kappa shape index (κ3) is 3.61. The summed E-state index contributed by atoms with van der Waals surface area (Å²) in [5.74, 6) is -0.496. The van der Waals surface area contributed by atoms with Crippen molar-refractivity contribution in [3.05, 3.63) is 69.7 Å². The lowest BCUT2D eigenvalue weighted by Gasteiger charge is -2.18. The summed E-state index contributed by atoms with van der Waals surface area (Å²) in [6.07, 6.45) is 0. The molecular weight excluding hydrogens is 312 g/mol. The SMILES string of the molecule is CN(Cc1ccccc1F)Cc1cccc(F)c1Br. The van der Waals surface area contributed by atoms with Gasteiger partial charge < -0.3 is 0 Å². The van der Waals surface area contributed by atoms with E-state index >= 15 is 0 Å². The molecular formula is C15H14BrF2N. The summed E-state index contributed by atoms with van der Waals surface area (Å²) in [4.78, 5) is 1.94. The molecule has 0 N–H and O–H groups in total. The van der Waals surface area contributed by atoms with Crippen LogP contribution in [0, 0.1) is 11.6 Å². The summed E-state index contributed by atoms with van der Waals surface area (Å²) in [5, 5.41) is 0. The summed E-state index contributed by atoms with van der Waals surface area (Å²) in [6, 6.07) is 11.6. The Morgan fingerprint density at radius 2 is 1.47 bits per heavy atom. The van der Waals surface area contributed by atoms with Gasteiger partial charge in [0.05, 0.1) is 4.47 Å². The van der Waals surface area contributed by atoms with E-state index < -0.39 is 0 Å². The van der Waals surface area contributed by atoms with Gasteiger partial charge in [-0.05, 0) is 40.7 Å². The van der Waals surface area contributed by atoms with E-state index in [-0.39, 0.29) is 11.6 Å². The third-order valence-electron chi connectivity index (χ3n) is 2.87. The van der Waals surface area contributed by atoms with Gasteiger partial charge in [0.1, 0.15) is 11.6 Å². The van der Waals surface area contributed by atoms with Gasteiger partial charge in [0.15, 0.2) is 0 Å². The summed E-state index contributed by atoms with van der Waals surface area (Å²) in [5.41, 5.74) is 1.48. The molecule has 4 heteroatoms. The monoisotopic (exact) mass is 325 g/mol. The van der Waals surface area contributed by atoms with Gasteiger partial charge in [-0.15, -0.1) is 0 Å². The van der Waals surface area contributed by atoms with Crippen LogP contribution in [0.3, 0.4) is 0 Å². The fraction of sp³-hybridized carbons (Fsp3) is 0.200. The van der Waals surface area contributed by atoms with Crippen LogP contribution in [0.1, 0.15) is 11.1 Å². The van der Waals surface area contributed by atoms with Crippen molar-refractivity contribution in [3.8, 4) is 0 Å². The van der Waals surface area contributed by atoms with Crippen molar-refractivity contribution in [2.24, 2.45) is 0 Å². The van der Waals surface area contributed by atoms with E-state index in [1.54, 1.807) is 18.2 Å². The molecule has 0 aromatic heterocycles. The molecule has 0 fully saturated rings. The Hall–Kier alpha value is -1.26. The van der Waals surface area contributed by atoms with Gasteiger partial charge in [0.2, 0.25) is 0 Å². The standard InChI is InChI=1S/C15H14BrF2N/c1-19(9-11-5-2-3-7-13(11)17)10-12-6-4-8-14(18)15(12)16/h2-8H,9-10H2,1H3. The Kier molecular flexibility index (Phi) is 4.66. The molecule has 0 aliphatic rings. The topological polar surface area (TPSA) is 3.24 Å². The molecule has 0 amide bonds. The van der Waals surface area contributed by atoms with E-state index in [0.29, 0.717) is 23.1 Å². The maximum Gasteiger partial charge on any atom is 0.137 e. The lowest BCUT2D eigenvalue weighted by atomic mass is 10.1. The van der Waals surface area contributed by atoms with Crippen LogP contribution in [-0.4, -0.2) is 11.9 Å². The van der Waals surface area contributed by atoms with Crippen LogP contribution in [-0.2, 0) is 13.1 Å². The van der Waals surface area contributed by atoms with Gasteiger partial charge in [-0.1, -0.05) is 30.3 Å². The van der Waals surface area contributed by atoms with Crippen molar-refractivity contribution in [1.29, 1.82) is 0 Å². The average Bonchev–Trinajstić information content (AvgIpc) is 2.38. The van der Waals surface area contributed by atoms with Crippen LogP contribution in [0.25, 0.3) is 0 Å². The number of hydrogen-bond acceptors (Lipinski definition) is 1. The van der Waals surface area contributed by atoms with Crippen LogP contribution in [0.5, 0.6) is 0 Å². The molecule has 0 heterocycles. The van der Waals surface area contributed by atoms with Gasteiger partial charge in [0.25, 0.3) is 0 Å². The molecule has 2 aromatic rings. The smallest absolute Gasteiger partial charge is 0.137 e. The van der Waals surface area contributed by atoms with Crippen LogP contribution in [0.2, 0.25) is 0 Å². The molecule has 19 heavy (non-hydrogen) atoms. The fourth-order valence-corrected chi connectivity index (χ4v) is 2.32. The number of nitrogens with zero attached hydrogens (tertiary/aromatic N) is 1. The second-order valence-electron chi connectivity index (χ2n) is 4.48. The summed E-state index contributed by atoms with van der Waals surface area (Å²) in [6.45, 7) is 1.03. The molecule has 0 aliphatic heterocycles. The number of hydrogen-bond donors (Lipinski definition) is 0. The highest BCUT2D eigenvalue weighted by atomic mass is 79.9. The Morgan fingerprint density at radius 3 is 2.21 bits per heavy atom. The number of benzene rings is 2. The van der Waals surface area contributed by atoms with E-state index in [9.17, 15) is 8.78 Å². The van der Waals surface area contributed by atoms with Crippen molar-refractivity contribution in [2.45, 2.75) is 13.1 Å². The minimum Gasteiger partial charge on any atom is -0.298 e. The van der Waals surface area contributed by atoms with Gasteiger partial charge >= 0.3 is 0 Å². The first-order valence-electron chi connectivity index (χ1n) is 5.93. The Morgan fingerprint density at radius 1 is 0.895 bits per heavy atom. The van der Waals surface area contributed by atoms with Gasteiger partial charge in [-0.25, -0.2) is 8.78 Å². The zero-order chi connectivity index (χ0) is 13.8. The van der Waals surface area contributed by atoms with Crippen molar-refractivity contribution in [1.82, 2.24) is 4.90 Å². The lowest BCUT2D eigenvalue weighted by Crippen LogP contribution is -2.18. The van der Waals surface area contributed by atoms with Crippen molar-refractivity contribution in [2.75, 3.05) is 7.05 Å². The van der Waals surface area contributed by atoms with Gasteiger partial charge in [-0.3, -0.25) is 4.90 Å². The number of halogens is 3. The largest absolute Gasteiger partial charge is 0.298 e. The second kappa shape index (κ2) is 6.26. The Balaban J connectivity index is 2.08. The zero-order valence-electron chi connectivity index (χ0n) is 10.5. The van der Waals surface area contributed by atoms with E-state index in [1.807, 2.05) is 24.1 Å². The highest BCUT2D eigenvalue weighted by Gasteiger charge is 2.09. The quantitative estimate of drug-likeness (QED) is 0.807. The van der Waals surface area contributed by atoms with E-state index in [2.05, 4.69) is 15.9 Å². The normalized spacial score (nSPS) is 11.0. The molecule has 0 saturated carbocycles. The minimum absolute atomic E-state index is 0.215. The fourth-order valence-electron chi connectivity index (χ4n) is 1.93. The van der Waals surface area contributed by atoms with E-state index in [0.717, 1.165) is 5.56 Å². The van der Waals surface area contributed by atoms with Crippen molar-refractivity contribution < 1.29 is 8.78 Å². The first-order chi connectivity index (χ1) is 9.08.